The maximum Gasteiger partial charge on any atom is 0.0459 e. The number of nitrogens with one attached hydrogen (secondary N) is 1. The van der Waals surface area contributed by atoms with Crippen LogP contribution in [0.1, 0.15) is 29.4 Å². The summed E-state index contributed by atoms with van der Waals surface area (Å²) in [5.74, 6) is 0. The van der Waals surface area contributed by atoms with Gasteiger partial charge in [0.2, 0.25) is 0 Å². The molecule has 0 amide bonds. The minimum atomic E-state index is 0.978. The van der Waals surface area contributed by atoms with E-state index in [1.54, 1.807) is 18.2 Å². The van der Waals surface area contributed by atoms with Gasteiger partial charge in [0.25, 0.3) is 0 Å². The van der Waals surface area contributed by atoms with Crippen molar-refractivity contribution in [2.75, 3.05) is 0 Å². The zero-order valence-corrected chi connectivity index (χ0v) is 10.9. The standard InChI is InChI=1S/C17H19N/c1-6-10-11-14-15(12-13(5)7-2)17(9-4)18-16(14)8-3/h6-12,18H,1-4H2,5H3/b11-10-,13-12-. The summed E-state index contributed by atoms with van der Waals surface area (Å²) < 4.78 is 0. The largest absolute Gasteiger partial charge is 0.355 e. The van der Waals surface area contributed by atoms with Gasteiger partial charge in [0, 0.05) is 22.5 Å². The summed E-state index contributed by atoms with van der Waals surface area (Å²) in [4.78, 5) is 3.29. The molecule has 0 radical (unpaired) electrons. The second kappa shape index (κ2) is 6.45. The first-order chi connectivity index (χ1) is 8.67. The molecule has 1 nitrogen and oxygen atoms in total. The van der Waals surface area contributed by atoms with Crippen LogP contribution in [0.4, 0.5) is 0 Å². The van der Waals surface area contributed by atoms with Gasteiger partial charge in [-0.2, -0.15) is 0 Å². The summed E-state index contributed by atoms with van der Waals surface area (Å²) in [5, 5.41) is 0. The summed E-state index contributed by atoms with van der Waals surface area (Å²) in [6.07, 6.45) is 13.2. The van der Waals surface area contributed by atoms with Crippen LogP contribution >= 0.6 is 0 Å². The predicted molar refractivity (Wildman–Crippen MR) is 84.1 cm³/mol. The SMILES string of the molecule is C=C/C=C\c1c(C=C)[nH]c(C=C)c1/C=C(/C)C=C. The van der Waals surface area contributed by atoms with Gasteiger partial charge in [0.1, 0.15) is 0 Å². The van der Waals surface area contributed by atoms with Crippen LogP contribution in [0.5, 0.6) is 0 Å². The molecule has 1 heteroatoms. The molecule has 1 rings (SSSR count). The van der Waals surface area contributed by atoms with Crippen molar-refractivity contribution in [3.63, 3.8) is 0 Å². The fraction of sp³-hybridized carbons (Fsp3) is 0.0588. The Morgan fingerprint density at radius 1 is 1.00 bits per heavy atom. The molecule has 0 aliphatic heterocycles. The number of rotatable bonds is 6. The minimum absolute atomic E-state index is 0.978. The van der Waals surface area contributed by atoms with Gasteiger partial charge in [-0.25, -0.2) is 0 Å². The summed E-state index contributed by atoms with van der Waals surface area (Å²) in [6.45, 7) is 17.1. The van der Waals surface area contributed by atoms with Crippen molar-refractivity contribution in [1.82, 2.24) is 4.98 Å². The van der Waals surface area contributed by atoms with Gasteiger partial charge < -0.3 is 4.98 Å². The molecular weight excluding hydrogens is 218 g/mol. The highest BCUT2D eigenvalue weighted by molar-refractivity contribution is 5.79. The second-order valence-corrected chi connectivity index (χ2v) is 3.88. The molecule has 1 aromatic rings. The lowest BCUT2D eigenvalue weighted by Crippen LogP contribution is -1.80. The van der Waals surface area contributed by atoms with Gasteiger partial charge in [-0.05, 0) is 25.2 Å². The Labute approximate surface area is 109 Å². The van der Waals surface area contributed by atoms with Crippen LogP contribution in [0.3, 0.4) is 0 Å². The first kappa shape index (κ1) is 13.8. The molecule has 1 N–H and O–H groups in total. The van der Waals surface area contributed by atoms with Crippen molar-refractivity contribution < 1.29 is 0 Å². The molecule has 0 aliphatic carbocycles. The molecule has 0 atom stereocenters. The highest BCUT2D eigenvalue weighted by Gasteiger charge is 2.09. The molecule has 0 spiro atoms. The van der Waals surface area contributed by atoms with Crippen LogP contribution in [0, 0.1) is 0 Å². The van der Waals surface area contributed by atoms with Crippen molar-refractivity contribution in [3.05, 3.63) is 72.6 Å². The number of hydrogen-bond donors (Lipinski definition) is 1. The average Bonchev–Trinajstić information content (AvgIpc) is 2.73. The predicted octanol–water partition coefficient (Wildman–Crippen LogP) is 5.09. The number of hydrogen-bond acceptors (Lipinski definition) is 0. The first-order valence-electron chi connectivity index (χ1n) is 5.78. The smallest absolute Gasteiger partial charge is 0.0459 e. The van der Waals surface area contributed by atoms with Crippen LogP contribution < -0.4 is 0 Å². The van der Waals surface area contributed by atoms with E-state index in [4.69, 9.17) is 0 Å². The van der Waals surface area contributed by atoms with E-state index in [0.717, 1.165) is 28.1 Å². The molecule has 1 heterocycles. The normalized spacial score (nSPS) is 11.5. The molecule has 1 aromatic heterocycles. The molecular formula is C17H19N. The summed E-state index contributed by atoms with van der Waals surface area (Å²) >= 11 is 0. The van der Waals surface area contributed by atoms with E-state index in [1.807, 2.05) is 25.2 Å². The third kappa shape index (κ3) is 2.89. The Hall–Kier alpha value is -2.28. The van der Waals surface area contributed by atoms with Crippen molar-refractivity contribution >= 4 is 24.3 Å². The van der Waals surface area contributed by atoms with E-state index >= 15 is 0 Å². The van der Waals surface area contributed by atoms with Crippen molar-refractivity contribution in [1.29, 1.82) is 0 Å². The Balaban J connectivity index is 3.52. The minimum Gasteiger partial charge on any atom is -0.355 e. The van der Waals surface area contributed by atoms with Crippen molar-refractivity contribution in [2.24, 2.45) is 0 Å². The Bertz CT molecular complexity index is 536. The molecule has 0 unspecified atom stereocenters. The molecule has 0 saturated heterocycles. The number of allylic oxidation sites excluding steroid dienone is 4. The Morgan fingerprint density at radius 2 is 1.61 bits per heavy atom. The zero-order valence-electron chi connectivity index (χ0n) is 10.9. The first-order valence-corrected chi connectivity index (χ1v) is 5.78. The van der Waals surface area contributed by atoms with Gasteiger partial charge >= 0.3 is 0 Å². The van der Waals surface area contributed by atoms with Gasteiger partial charge in [-0.15, -0.1) is 0 Å². The molecule has 0 fully saturated rings. The third-order valence-electron chi connectivity index (χ3n) is 2.64. The van der Waals surface area contributed by atoms with Crippen LogP contribution in [-0.4, -0.2) is 4.98 Å². The van der Waals surface area contributed by atoms with E-state index in [-0.39, 0.29) is 0 Å². The van der Waals surface area contributed by atoms with Gasteiger partial charge in [-0.3, -0.25) is 0 Å². The second-order valence-electron chi connectivity index (χ2n) is 3.88. The van der Waals surface area contributed by atoms with Crippen LogP contribution in [-0.2, 0) is 0 Å². The Kier molecular flexibility index (Phi) is 4.94. The van der Waals surface area contributed by atoms with E-state index in [0.29, 0.717) is 0 Å². The van der Waals surface area contributed by atoms with E-state index in [9.17, 15) is 0 Å². The average molecular weight is 237 g/mol. The lowest BCUT2D eigenvalue weighted by atomic mass is 10.0. The topological polar surface area (TPSA) is 15.8 Å². The number of H-pyrrole nitrogens is 1. The molecule has 0 aromatic carbocycles. The summed E-state index contributed by atoms with van der Waals surface area (Å²) in [7, 11) is 0. The fourth-order valence-corrected chi connectivity index (χ4v) is 1.68. The highest BCUT2D eigenvalue weighted by atomic mass is 14.7. The number of aromatic amines is 1. The quantitative estimate of drug-likeness (QED) is 0.663. The van der Waals surface area contributed by atoms with E-state index < -0.39 is 0 Å². The van der Waals surface area contributed by atoms with Crippen LogP contribution in [0.2, 0.25) is 0 Å². The molecule has 92 valence electrons. The van der Waals surface area contributed by atoms with E-state index in [2.05, 4.69) is 37.4 Å². The lowest BCUT2D eigenvalue weighted by molar-refractivity contribution is 1.34. The highest BCUT2D eigenvalue weighted by Crippen LogP contribution is 2.25. The molecule has 0 aliphatic rings. The molecule has 18 heavy (non-hydrogen) atoms. The number of aromatic nitrogens is 1. The van der Waals surface area contributed by atoms with Gasteiger partial charge in [0.15, 0.2) is 0 Å². The molecule has 0 bridgehead atoms. The van der Waals surface area contributed by atoms with Crippen molar-refractivity contribution in [2.45, 2.75) is 6.92 Å². The summed E-state index contributed by atoms with van der Waals surface area (Å²) in [5.41, 5.74) is 5.23. The van der Waals surface area contributed by atoms with Crippen molar-refractivity contribution in [3.8, 4) is 0 Å². The maximum absolute atomic E-state index is 3.83. The van der Waals surface area contributed by atoms with E-state index in [1.165, 1.54) is 0 Å². The maximum atomic E-state index is 3.83. The van der Waals surface area contributed by atoms with Gasteiger partial charge in [-0.1, -0.05) is 56.2 Å². The third-order valence-corrected chi connectivity index (χ3v) is 2.64. The Morgan fingerprint density at radius 3 is 2.11 bits per heavy atom. The molecule has 0 saturated carbocycles. The lowest BCUT2D eigenvalue weighted by Gasteiger charge is -1.98. The van der Waals surface area contributed by atoms with Crippen LogP contribution in [0.25, 0.3) is 24.3 Å². The van der Waals surface area contributed by atoms with Gasteiger partial charge in [0.05, 0.1) is 0 Å². The monoisotopic (exact) mass is 237 g/mol. The summed E-state index contributed by atoms with van der Waals surface area (Å²) in [6, 6.07) is 0. The van der Waals surface area contributed by atoms with Crippen LogP contribution in [0.15, 0.2) is 50.1 Å². The fourth-order valence-electron chi connectivity index (χ4n) is 1.68. The zero-order chi connectivity index (χ0) is 13.5.